The summed E-state index contributed by atoms with van der Waals surface area (Å²) in [6.07, 6.45) is 10.5. The van der Waals surface area contributed by atoms with Crippen LogP contribution in [0.2, 0.25) is 0 Å². The number of carbonyl (C=O) groups excluding carboxylic acids is 2. The van der Waals surface area contributed by atoms with Gasteiger partial charge in [0.1, 0.15) is 5.69 Å². The van der Waals surface area contributed by atoms with E-state index in [0.29, 0.717) is 11.4 Å². The van der Waals surface area contributed by atoms with E-state index in [0.717, 1.165) is 32.1 Å². The Labute approximate surface area is 169 Å². The fourth-order valence-electron chi connectivity index (χ4n) is 5.92. The molecule has 5 rings (SSSR count). The normalized spacial score (nSPS) is 30.9. The third-order valence-electron chi connectivity index (χ3n) is 7.39. The first-order chi connectivity index (χ1) is 14.0. The highest BCUT2D eigenvalue weighted by Gasteiger charge is 2.59. The lowest BCUT2D eigenvalue weighted by Gasteiger charge is -2.32. The molecular formula is C22H25N3O4. The van der Waals surface area contributed by atoms with Crippen LogP contribution in [0.5, 0.6) is 0 Å². The number of nitro groups is 1. The first kappa shape index (κ1) is 18.3. The lowest BCUT2D eigenvalue weighted by atomic mass is 9.85. The summed E-state index contributed by atoms with van der Waals surface area (Å²) in [6, 6.07) is 5.07. The summed E-state index contributed by atoms with van der Waals surface area (Å²) in [6.45, 7) is 0. The SMILES string of the molecule is CN(c1ccc(N2C(=O)[C@H]3[C@H](C2=O)[C@H]2C=C[C@H]3C2)cc1[N+](=O)[O-])C1CCCCC1. The maximum absolute atomic E-state index is 13.0. The molecule has 0 radical (unpaired) electrons. The van der Waals surface area contributed by atoms with Crippen molar-refractivity contribution in [3.63, 3.8) is 0 Å². The average Bonchev–Trinajstić information content (AvgIpc) is 3.41. The van der Waals surface area contributed by atoms with Crippen molar-refractivity contribution in [2.24, 2.45) is 23.7 Å². The molecule has 4 atom stereocenters. The summed E-state index contributed by atoms with van der Waals surface area (Å²) in [4.78, 5) is 40.7. The van der Waals surface area contributed by atoms with Crippen LogP contribution >= 0.6 is 0 Å². The zero-order valence-electron chi connectivity index (χ0n) is 16.5. The number of anilines is 2. The van der Waals surface area contributed by atoms with E-state index < -0.39 is 4.92 Å². The van der Waals surface area contributed by atoms with Crippen LogP contribution in [-0.4, -0.2) is 29.8 Å². The van der Waals surface area contributed by atoms with E-state index in [1.54, 1.807) is 12.1 Å². The van der Waals surface area contributed by atoms with Crippen LogP contribution in [0.25, 0.3) is 0 Å². The highest BCUT2D eigenvalue weighted by molar-refractivity contribution is 6.23. The van der Waals surface area contributed by atoms with Crippen LogP contribution in [0, 0.1) is 33.8 Å². The van der Waals surface area contributed by atoms with Crippen LogP contribution < -0.4 is 9.80 Å². The van der Waals surface area contributed by atoms with E-state index >= 15 is 0 Å². The number of nitro benzene ring substituents is 1. The number of benzene rings is 1. The molecule has 2 saturated carbocycles. The number of amides is 2. The van der Waals surface area contributed by atoms with Crippen LogP contribution in [0.4, 0.5) is 17.1 Å². The van der Waals surface area contributed by atoms with Crippen molar-refractivity contribution in [3.05, 3.63) is 40.5 Å². The molecule has 0 unspecified atom stereocenters. The molecule has 4 aliphatic rings. The molecule has 2 bridgehead atoms. The highest BCUT2D eigenvalue weighted by atomic mass is 16.6. The Morgan fingerprint density at radius 2 is 1.66 bits per heavy atom. The Morgan fingerprint density at radius 3 is 2.24 bits per heavy atom. The molecule has 1 heterocycles. The summed E-state index contributed by atoms with van der Waals surface area (Å²) in [5, 5.41) is 11.8. The van der Waals surface area contributed by atoms with E-state index in [-0.39, 0.29) is 47.2 Å². The zero-order valence-corrected chi connectivity index (χ0v) is 16.5. The summed E-state index contributed by atoms with van der Waals surface area (Å²) < 4.78 is 0. The topological polar surface area (TPSA) is 83.8 Å². The van der Waals surface area contributed by atoms with Gasteiger partial charge < -0.3 is 4.90 Å². The fraction of sp³-hybridized carbons (Fsp3) is 0.545. The van der Waals surface area contributed by atoms with Gasteiger partial charge in [0.25, 0.3) is 5.69 Å². The van der Waals surface area contributed by atoms with Crippen LogP contribution in [-0.2, 0) is 9.59 Å². The molecular weight excluding hydrogens is 370 g/mol. The zero-order chi connectivity index (χ0) is 20.3. The molecule has 0 aromatic heterocycles. The minimum atomic E-state index is -0.407. The molecule has 0 spiro atoms. The maximum Gasteiger partial charge on any atom is 0.294 e. The van der Waals surface area contributed by atoms with Gasteiger partial charge >= 0.3 is 0 Å². The Kier molecular flexibility index (Phi) is 4.22. The monoisotopic (exact) mass is 395 g/mol. The van der Waals surface area contributed by atoms with Gasteiger partial charge in [-0.2, -0.15) is 0 Å². The van der Waals surface area contributed by atoms with Crippen molar-refractivity contribution in [1.82, 2.24) is 0 Å². The second kappa shape index (κ2) is 6.68. The van der Waals surface area contributed by atoms with Gasteiger partial charge in [0, 0.05) is 19.2 Å². The summed E-state index contributed by atoms with van der Waals surface area (Å²) >= 11 is 0. The van der Waals surface area contributed by atoms with Crippen LogP contribution in [0.15, 0.2) is 30.4 Å². The Balaban J connectivity index is 1.47. The molecule has 0 N–H and O–H groups in total. The lowest BCUT2D eigenvalue weighted by molar-refractivity contribution is -0.384. The number of hydrogen-bond acceptors (Lipinski definition) is 5. The smallest absolute Gasteiger partial charge is 0.294 e. The number of fused-ring (bicyclic) bond motifs is 5. The van der Waals surface area contributed by atoms with E-state index in [1.165, 1.54) is 17.4 Å². The number of carbonyl (C=O) groups is 2. The van der Waals surface area contributed by atoms with Gasteiger partial charge in [-0.05, 0) is 43.2 Å². The van der Waals surface area contributed by atoms with E-state index in [1.807, 2.05) is 24.1 Å². The third kappa shape index (κ3) is 2.70. The molecule has 7 nitrogen and oxygen atoms in total. The van der Waals surface area contributed by atoms with E-state index in [2.05, 4.69) is 0 Å². The highest BCUT2D eigenvalue weighted by Crippen LogP contribution is 2.53. The molecule has 1 aromatic carbocycles. The van der Waals surface area contributed by atoms with Gasteiger partial charge in [0.15, 0.2) is 0 Å². The maximum atomic E-state index is 13.0. The number of rotatable bonds is 4. The Morgan fingerprint density at radius 1 is 1.03 bits per heavy atom. The number of imide groups is 1. The molecule has 1 saturated heterocycles. The average molecular weight is 395 g/mol. The molecule has 3 fully saturated rings. The van der Waals surface area contributed by atoms with Gasteiger partial charge in [0.2, 0.25) is 11.8 Å². The van der Waals surface area contributed by atoms with Crippen molar-refractivity contribution in [2.75, 3.05) is 16.8 Å². The lowest BCUT2D eigenvalue weighted by Crippen LogP contribution is -2.34. The van der Waals surface area contributed by atoms with E-state index in [4.69, 9.17) is 0 Å². The minimum Gasteiger partial charge on any atom is -0.366 e. The van der Waals surface area contributed by atoms with Gasteiger partial charge in [-0.1, -0.05) is 31.4 Å². The fourth-order valence-corrected chi connectivity index (χ4v) is 5.92. The molecule has 29 heavy (non-hydrogen) atoms. The first-order valence-electron chi connectivity index (χ1n) is 10.5. The van der Waals surface area contributed by atoms with Crippen molar-refractivity contribution in [1.29, 1.82) is 0 Å². The third-order valence-corrected chi connectivity index (χ3v) is 7.39. The van der Waals surface area contributed by atoms with Crippen LogP contribution in [0.3, 0.4) is 0 Å². The number of hydrogen-bond donors (Lipinski definition) is 0. The molecule has 3 aliphatic carbocycles. The molecule has 1 aromatic rings. The largest absolute Gasteiger partial charge is 0.366 e. The Hall–Kier alpha value is -2.70. The summed E-state index contributed by atoms with van der Waals surface area (Å²) in [5.74, 6) is -0.780. The van der Waals surface area contributed by atoms with Gasteiger partial charge in [0.05, 0.1) is 22.4 Å². The Bertz CT molecular complexity index is 891. The van der Waals surface area contributed by atoms with Crippen molar-refractivity contribution in [3.8, 4) is 0 Å². The number of nitrogens with zero attached hydrogens (tertiary/aromatic N) is 3. The molecule has 7 heteroatoms. The molecule has 2 amide bonds. The predicted octanol–water partition coefficient (Wildman–Crippen LogP) is 3.68. The van der Waals surface area contributed by atoms with Crippen molar-refractivity contribution in [2.45, 2.75) is 44.6 Å². The predicted molar refractivity (Wildman–Crippen MR) is 109 cm³/mol. The standard InChI is InChI=1S/C22H25N3O4/c1-23(15-5-3-2-4-6-15)17-10-9-16(12-18(17)25(28)29)24-21(26)19-13-7-8-14(11-13)20(19)22(24)27/h7-10,12-15,19-20H,2-6,11H2,1H3/t13-,14-,19+,20+/m0/s1. The summed E-state index contributed by atoms with van der Waals surface area (Å²) in [5.41, 5.74) is 0.822. The first-order valence-corrected chi connectivity index (χ1v) is 10.5. The molecule has 152 valence electrons. The second-order valence-electron chi connectivity index (χ2n) is 8.84. The van der Waals surface area contributed by atoms with Crippen molar-refractivity contribution < 1.29 is 14.5 Å². The quantitative estimate of drug-likeness (QED) is 0.336. The second-order valence-corrected chi connectivity index (χ2v) is 8.84. The van der Waals surface area contributed by atoms with Gasteiger partial charge in [-0.15, -0.1) is 0 Å². The van der Waals surface area contributed by atoms with Crippen molar-refractivity contribution >= 4 is 28.9 Å². The molecule has 1 aliphatic heterocycles. The van der Waals surface area contributed by atoms with Crippen LogP contribution in [0.1, 0.15) is 38.5 Å². The van der Waals surface area contributed by atoms with E-state index in [9.17, 15) is 19.7 Å². The number of allylic oxidation sites excluding steroid dienone is 2. The van der Waals surface area contributed by atoms with Gasteiger partial charge in [-0.3, -0.25) is 19.7 Å². The van der Waals surface area contributed by atoms with Gasteiger partial charge in [-0.25, -0.2) is 4.90 Å². The summed E-state index contributed by atoms with van der Waals surface area (Å²) in [7, 11) is 1.90. The minimum absolute atomic E-state index is 0.0469.